The van der Waals surface area contributed by atoms with Crippen LogP contribution in [0.15, 0.2) is 41.8 Å². The topological polar surface area (TPSA) is 69.7 Å². The Balaban J connectivity index is 2.20. The molecule has 0 aromatic carbocycles. The molecule has 2 rings (SSSR count). The first kappa shape index (κ1) is 15.7. The van der Waals surface area contributed by atoms with Crippen LogP contribution in [0.1, 0.15) is 4.88 Å². The van der Waals surface area contributed by atoms with E-state index in [2.05, 4.69) is 0 Å². The van der Waals surface area contributed by atoms with E-state index in [1.54, 1.807) is 16.2 Å². The molecular formula is C14H19ClN2O2S. The monoisotopic (exact) mass is 314 g/mol. The van der Waals surface area contributed by atoms with E-state index < -0.39 is 10.5 Å². The highest BCUT2D eigenvalue weighted by molar-refractivity contribution is 7.10. The predicted octanol–water partition coefficient (Wildman–Crippen LogP) is 1.25. The molecule has 1 aliphatic rings. The van der Waals surface area contributed by atoms with Gasteiger partial charge in [0.15, 0.2) is 0 Å². The van der Waals surface area contributed by atoms with E-state index in [4.69, 9.17) is 27.5 Å². The van der Waals surface area contributed by atoms with Gasteiger partial charge in [0.2, 0.25) is 0 Å². The smallest absolute Gasteiger partial charge is 0.134 e. The maximum Gasteiger partial charge on any atom is 0.134 e. The number of nitrogens with zero attached hydrogens (tertiary/aromatic N) is 1. The predicted molar refractivity (Wildman–Crippen MR) is 82.8 cm³/mol. The zero-order valence-electron chi connectivity index (χ0n) is 11.1. The van der Waals surface area contributed by atoms with Crippen molar-refractivity contribution in [3.05, 3.63) is 46.7 Å². The number of halogens is 1. The molecule has 0 unspecified atom stereocenters. The summed E-state index contributed by atoms with van der Waals surface area (Å²) in [7, 11) is 0. The lowest BCUT2D eigenvalue weighted by Gasteiger charge is -2.38. The number of rotatable bonds is 6. The molecule has 1 aromatic heterocycles. The van der Waals surface area contributed by atoms with Crippen molar-refractivity contribution >= 4 is 22.9 Å². The van der Waals surface area contributed by atoms with Crippen molar-refractivity contribution in [1.82, 2.24) is 4.90 Å². The van der Waals surface area contributed by atoms with Crippen LogP contribution in [-0.2, 0) is 5.54 Å². The van der Waals surface area contributed by atoms with Gasteiger partial charge >= 0.3 is 0 Å². The van der Waals surface area contributed by atoms with Gasteiger partial charge in [-0.3, -0.25) is 4.90 Å². The van der Waals surface area contributed by atoms with E-state index in [9.17, 15) is 0 Å². The first-order valence-corrected chi connectivity index (χ1v) is 7.69. The third-order valence-corrected chi connectivity index (χ3v) is 4.89. The van der Waals surface area contributed by atoms with E-state index in [-0.39, 0.29) is 13.2 Å². The van der Waals surface area contributed by atoms with Gasteiger partial charge in [-0.25, -0.2) is 0 Å². The lowest BCUT2D eigenvalue weighted by Crippen LogP contribution is -2.47. The van der Waals surface area contributed by atoms with Gasteiger partial charge in [-0.15, -0.1) is 11.3 Å². The van der Waals surface area contributed by atoms with Crippen molar-refractivity contribution in [3.63, 3.8) is 0 Å². The minimum atomic E-state index is -0.856. The highest BCUT2D eigenvalue weighted by Crippen LogP contribution is 2.35. The molecule has 20 heavy (non-hydrogen) atoms. The summed E-state index contributed by atoms with van der Waals surface area (Å²) in [4.78, 5) is 1.99. The molecule has 0 atom stereocenters. The molecule has 110 valence electrons. The highest BCUT2D eigenvalue weighted by atomic mass is 35.5. The first-order valence-electron chi connectivity index (χ1n) is 6.43. The third-order valence-electron chi connectivity index (χ3n) is 3.36. The van der Waals surface area contributed by atoms with Gasteiger partial charge in [-0.1, -0.05) is 29.8 Å². The van der Waals surface area contributed by atoms with Crippen molar-refractivity contribution in [2.24, 2.45) is 5.73 Å². The summed E-state index contributed by atoms with van der Waals surface area (Å²) in [6.07, 6.45) is 7.38. The summed E-state index contributed by atoms with van der Waals surface area (Å²) >= 11 is 8.16. The molecule has 4 nitrogen and oxygen atoms in total. The fraction of sp³-hybridized carbons (Fsp3) is 0.429. The number of aliphatic hydroxyl groups excluding tert-OH is 2. The summed E-state index contributed by atoms with van der Waals surface area (Å²) in [6.45, 7) is 0.730. The second kappa shape index (κ2) is 6.39. The van der Waals surface area contributed by atoms with Crippen LogP contribution in [0.5, 0.6) is 0 Å². The average molecular weight is 315 g/mol. The maximum atomic E-state index is 9.11. The van der Waals surface area contributed by atoms with Gasteiger partial charge in [-0.2, -0.15) is 0 Å². The molecule has 0 fully saturated rings. The molecule has 0 saturated carbocycles. The highest BCUT2D eigenvalue weighted by Gasteiger charge is 2.35. The summed E-state index contributed by atoms with van der Waals surface area (Å²) in [5.41, 5.74) is 5.71. The van der Waals surface area contributed by atoms with Crippen LogP contribution < -0.4 is 5.73 Å². The minimum Gasteiger partial charge on any atom is -0.395 e. The zero-order valence-corrected chi connectivity index (χ0v) is 12.6. The van der Waals surface area contributed by atoms with Crippen LogP contribution >= 0.6 is 22.9 Å². The van der Waals surface area contributed by atoms with Crippen molar-refractivity contribution in [3.8, 4) is 0 Å². The maximum absolute atomic E-state index is 9.11. The number of alkyl halides is 1. The molecule has 1 heterocycles. The fourth-order valence-electron chi connectivity index (χ4n) is 2.22. The molecule has 0 radical (unpaired) electrons. The molecule has 0 spiro atoms. The van der Waals surface area contributed by atoms with Crippen molar-refractivity contribution in [1.29, 1.82) is 0 Å². The van der Waals surface area contributed by atoms with E-state index in [1.807, 2.05) is 41.8 Å². The summed E-state index contributed by atoms with van der Waals surface area (Å²) in [5, 5.41) is 20.2. The molecular weight excluding hydrogens is 296 g/mol. The standard InChI is InChI=1S/C14H19ClN2O2S/c15-14(17(7-9-18)8-10-19)5-3-13(16,4-6-14)12-2-1-11-20-12/h1-6,11,18-19H,7-10,16H2. The Morgan fingerprint density at radius 3 is 2.20 bits per heavy atom. The Bertz CT molecular complexity index is 467. The second-order valence-corrected chi connectivity index (χ2v) is 6.29. The number of aliphatic hydroxyl groups is 2. The largest absolute Gasteiger partial charge is 0.395 e. The number of hydrogen-bond acceptors (Lipinski definition) is 5. The molecule has 4 N–H and O–H groups in total. The number of nitrogens with two attached hydrogens (primary N) is 1. The lowest BCUT2D eigenvalue weighted by atomic mass is 9.91. The molecule has 1 aliphatic carbocycles. The zero-order chi connectivity index (χ0) is 14.6. The molecule has 6 heteroatoms. The van der Waals surface area contributed by atoms with Gasteiger partial charge in [0.1, 0.15) is 5.00 Å². The van der Waals surface area contributed by atoms with Crippen LogP contribution in [0.25, 0.3) is 0 Å². The van der Waals surface area contributed by atoms with Gasteiger partial charge < -0.3 is 15.9 Å². The molecule has 0 amide bonds. The number of thiophene rings is 1. The molecule has 0 saturated heterocycles. The Labute approximate surface area is 127 Å². The molecule has 0 bridgehead atoms. The Hall–Kier alpha value is -0.690. The van der Waals surface area contributed by atoms with Crippen molar-refractivity contribution in [2.75, 3.05) is 26.3 Å². The Morgan fingerprint density at radius 1 is 1.15 bits per heavy atom. The van der Waals surface area contributed by atoms with E-state index >= 15 is 0 Å². The second-order valence-electron chi connectivity index (χ2n) is 4.74. The van der Waals surface area contributed by atoms with Crippen LogP contribution in [0.4, 0.5) is 0 Å². The van der Waals surface area contributed by atoms with Crippen LogP contribution in [0.3, 0.4) is 0 Å². The average Bonchev–Trinajstić information content (AvgIpc) is 2.97. The summed E-state index contributed by atoms with van der Waals surface area (Å²) in [5.74, 6) is 0. The minimum absolute atomic E-state index is 0.0190. The van der Waals surface area contributed by atoms with Gasteiger partial charge in [-0.05, 0) is 23.6 Å². The normalized spacial score (nSPS) is 29.2. The quantitative estimate of drug-likeness (QED) is 0.420. The van der Waals surface area contributed by atoms with Crippen LogP contribution in [0, 0.1) is 0 Å². The first-order chi connectivity index (χ1) is 9.54. The van der Waals surface area contributed by atoms with Crippen molar-refractivity contribution in [2.45, 2.75) is 10.5 Å². The van der Waals surface area contributed by atoms with Gasteiger partial charge in [0.05, 0.1) is 18.8 Å². The molecule has 1 aromatic rings. The number of hydrogen-bond donors (Lipinski definition) is 3. The summed E-state index contributed by atoms with van der Waals surface area (Å²) < 4.78 is 0. The van der Waals surface area contributed by atoms with Crippen LogP contribution in [0.2, 0.25) is 0 Å². The van der Waals surface area contributed by atoms with E-state index in [0.717, 1.165) is 4.88 Å². The summed E-state index contributed by atoms with van der Waals surface area (Å²) in [6, 6.07) is 3.95. The van der Waals surface area contributed by atoms with Crippen molar-refractivity contribution < 1.29 is 10.2 Å². The lowest BCUT2D eigenvalue weighted by molar-refractivity contribution is 0.138. The van der Waals surface area contributed by atoms with Gasteiger partial charge in [0, 0.05) is 18.0 Å². The third kappa shape index (κ3) is 3.14. The van der Waals surface area contributed by atoms with Gasteiger partial charge in [0.25, 0.3) is 0 Å². The Kier molecular flexibility index (Phi) is 5.01. The van der Waals surface area contributed by atoms with E-state index in [1.165, 1.54) is 0 Å². The Morgan fingerprint density at radius 2 is 1.75 bits per heavy atom. The van der Waals surface area contributed by atoms with E-state index in [0.29, 0.717) is 13.1 Å². The fourth-order valence-corrected chi connectivity index (χ4v) is 3.31. The van der Waals surface area contributed by atoms with Crippen LogP contribution in [-0.4, -0.2) is 46.4 Å². The SMILES string of the molecule is NC1(c2cccs2)C=CC(Cl)(N(CCO)CCO)C=C1. The molecule has 0 aliphatic heterocycles.